The van der Waals surface area contributed by atoms with Crippen LogP contribution in [0.25, 0.3) is 6.08 Å². The van der Waals surface area contributed by atoms with Gasteiger partial charge in [-0.2, -0.15) is 0 Å². The zero-order valence-corrected chi connectivity index (χ0v) is 11.5. The molecule has 0 amide bonds. The van der Waals surface area contributed by atoms with Gasteiger partial charge in [-0.1, -0.05) is 46.8 Å². The van der Waals surface area contributed by atoms with E-state index in [1.54, 1.807) is 11.8 Å². The van der Waals surface area contributed by atoms with Crippen LogP contribution in [0.3, 0.4) is 0 Å². The smallest absolute Gasteiger partial charge is 0.223 e. The van der Waals surface area contributed by atoms with Gasteiger partial charge in [-0.15, -0.1) is 0 Å². The van der Waals surface area contributed by atoms with Crippen LogP contribution in [0.4, 0.5) is 0 Å². The summed E-state index contributed by atoms with van der Waals surface area (Å²) in [6.45, 7) is 10.1. The van der Waals surface area contributed by atoms with Crippen LogP contribution in [-0.2, 0) is 0 Å². The molecule has 0 fully saturated rings. The summed E-state index contributed by atoms with van der Waals surface area (Å²) in [6, 6.07) is 4.02. The topological polar surface area (TPSA) is 13.1 Å². The summed E-state index contributed by atoms with van der Waals surface area (Å²) in [5.74, 6) is 0. The van der Waals surface area contributed by atoms with Crippen molar-refractivity contribution in [1.82, 2.24) is 0 Å². The van der Waals surface area contributed by atoms with E-state index >= 15 is 0 Å². The van der Waals surface area contributed by atoms with E-state index < -0.39 is 0 Å². The van der Waals surface area contributed by atoms with Gasteiger partial charge >= 0.3 is 0 Å². The highest BCUT2D eigenvalue weighted by molar-refractivity contribution is 5.47. The van der Waals surface area contributed by atoms with Crippen LogP contribution >= 0.6 is 0 Å². The average molecular weight is 224 g/mol. The number of hydrogen-bond donors (Lipinski definition) is 0. The largest absolute Gasteiger partial charge is 0.275 e. The molecule has 1 aromatic rings. The summed E-state index contributed by atoms with van der Waals surface area (Å²) in [5, 5.41) is 0. The quantitative estimate of drug-likeness (QED) is 0.716. The first kappa shape index (κ1) is 17.1. The Hall–Kier alpha value is -1.31. The van der Waals surface area contributed by atoms with Crippen molar-refractivity contribution in [3.63, 3.8) is 0 Å². The molecule has 0 N–H and O–H groups in total. The standard InChI is InChI=1S/C10H14NO.2C2H6/c1-3-4-5-10-6-8-11(12-2)9-7-10;2*1-2/h4-9H,3H2,1-2H3;2*1-2H3/q+1;;/b5-4+;;. The maximum absolute atomic E-state index is 4.97. The molecule has 92 valence electrons. The van der Waals surface area contributed by atoms with Gasteiger partial charge in [-0.25, -0.2) is 0 Å². The van der Waals surface area contributed by atoms with Crippen molar-refractivity contribution in [2.24, 2.45) is 0 Å². The lowest BCUT2D eigenvalue weighted by atomic mass is 10.2. The Kier molecular flexibility index (Phi) is 14.6. The monoisotopic (exact) mass is 224 g/mol. The van der Waals surface area contributed by atoms with E-state index in [0.29, 0.717) is 0 Å². The molecule has 16 heavy (non-hydrogen) atoms. The van der Waals surface area contributed by atoms with Gasteiger partial charge in [0.05, 0.1) is 0 Å². The SMILES string of the molecule is CC.CC.CC/C=C/c1cc[n+](OC)cc1. The predicted molar refractivity (Wildman–Crippen MR) is 71.2 cm³/mol. The molecule has 0 radical (unpaired) electrons. The molecule has 2 nitrogen and oxygen atoms in total. The maximum atomic E-state index is 4.97. The van der Waals surface area contributed by atoms with Crippen LogP contribution in [0.2, 0.25) is 0 Å². The molecule has 1 heterocycles. The van der Waals surface area contributed by atoms with Crippen molar-refractivity contribution in [2.75, 3.05) is 7.11 Å². The second kappa shape index (κ2) is 13.7. The fraction of sp³-hybridized carbons (Fsp3) is 0.500. The highest BCUT2D eigenvalue weighted by Gasteiger charge is 1.95. The van der Waals surface area contributed by atoms with Gasteiger partial charge in [-0.3, -0.25) is 4.84 Å². The molecule has 0 bridgehead atoms. The average Bonchev–Trinajstić information content (AvgIpc) is 2.41. The number of pyridine rings is 1. The summed E-state index contributed by atoms with van der Waals surface area (Å²) < 4.78 is 1.66. The Morgan fingerprint density at radius 2 is 1.62 bits per heavy atom. The van der Waals surface area contributed by atoms with E-state index in [-0.39, 0.29) is 0 Å². The molecule has 0 aromatic carbocycles. The van der Waals surface area contributed by atoms with E-state index in [4.69, 9.17) is 4.84 Å². The summed E-state index contributed by atoms with van der Waals surface area (Å²) in [4.78, 5) is 4.97. The Morgan fingerprint density at radius 3 is 2.00 bits per heavy atom. The molecular weight excluding hydrogens is 198 g/mol. The zero-order chi connectivity index (χ0) is 12.8. The van der Waals surface area contributed by atoms with Crippen LogP contribution in [0.15, 0.2) is 30.6 Å². The molecule has 0 spiro atoms. The minimum absolute atomic E-state index is 1.07. The molecule has 1 aromatic heterocycles. The number of hydrogen-bond acceptors (Lipinski definition) is 1. The van der Waals surface area contributed by atoms with Gasteiger partial charge < -0.3 is 0 Å². The second-order valence-corrected chi connectivity index (χ2v) is 2.48. The summed E-state index contributed by atoms with van der Waals surface area (Å²) in [5.41, 5.74) is 1.20. The van der Waals surface area contributed by atoms with Crippen LogP contribution in [0, 0.1) is 0 Å². The van der Waals surface area contributed by atoms with E-state index in [9.17, 15) is 0 Å². The molecule has 0 aliphatic heterocycles. The van der Waals surface area contributed by atoms with Gasteiger partial charge in [0, 0.05) is 16.9 Å². The molecule has 0 saturated carbocycles. The summed E-state index contributed by atoms with van der Waals surface area (Å²) >= 11 is 0. The molecule has 0 aliphatic carbocycles. The Labute approximate surface area is 101 Å². The van der Waals surface area contributed by atoms with Gasteiger partial charge in [0.1, 0.15) is 7.11 Å². The van der Waals surface area contributed by atoms with Crippen molar-refractivity contribution in [1.29, 1.82) is 0 Å². The van der Waals surface area contributed by atoms with Crippen molar-refractivity contribution >= 4 is 6.08 Å². The van der Waals surface area contributed by atoms with Crippen LogP contribution in [-0.4, -0.2) is 7.11 Å². The van der Waals surface area contributed by atoms with Gasteiger partial charge in [0.15, 0.2) is 0 Å². The minimum atomic E-state index is 1.07. The number of allylic oxidation sites excluding steroid dienone is 1. The maximum Gasteiger partial charge on any atom is 0.223 e. The lowest BCUT2D eigenvalue weighted by Crippen LogP contribution is -2.39. The van der Waals surface area contributed by atoms with E-state index in [1.165, 1.54) is 5.56 Å². The van der Waals surface area contributed by atoms with Gasteiger partial charge in [-0.05, 0) is 12.0 Å². The Morgan fingerprint density at radius 1 is 1.12 bits per heavy atom. The molecule has 2 heteroatoms. The van der Waals surface area contributed by atoms with E-state index in [1.807, 2.05) is 52.2 Å². The fourth-order valence-electron chi connectivity index (χ4n) is 0.911. The highest BCUT2D eigenvalue weighted by Crippen LogP contribution is 1.98. The zero-order valence-electron chi connectivity index (χ0n) is 11.5. The molecule has 1 rings (SSSR count). The van der Waals surface area contributed by atoms with E-state index in [0.717, 1.165) is 6.42 Å². The normalized spacial score (nSPS) is 8.62. The summed E-state index contributed by atoms with van der Waals surface area (Å²) in [7, 11) is 1.64. The summed E-state index contributed by atoms with van der Waals surface area (Å²) in [6.07, 6.45) is 9.07. The fourth-order valence-corrected chi connectivity index (χ4v) is 0.911. The molecule has 0 unspecified atom stereocenters. The van der Waals surface area contributed by atoms with Gasteiger partial charge in [0.25, 0.3) is 0 Å². The molecular formula is C14H26NO+. The van der Waals surface area contributed by atoms with Crippen molar-refractivity contribution in [3.05, 3.63) is 36.2 Å². The van der Waals surface area contributed by atoms with Gasteiger partial charge in [0.2, 0.25) is 12.4 Å². The Balaban J connectivity index is 0. The first-order valence-electron chi connectivity index (χ1n) is 6.09. The Bertz CT molecular complexity index is 252. The first-order valence-corrected chi connectivity index (χ1v) is 6.09. The molecule has 0 atom stereocenters. The van der Waals surface area contributed by atoms with Crippen molar-refractivity contribution in [2.45, 2.75) is 41.0 Å². The van der Waals surface area contributed by atoms with E-state index in [2.05, 4.69) is 19.1 Å². The first-order chi connectivity index (χ1) is 7.86. The molecule has 0 aliphatic rings. The third-order valence-electron chi connectivity index (χ3n) is 1.58. The third-order valence-corrected chi connectivity index (χ3v) is 1.58. The van der Waals surface area contributed by atoms with Crippen LogP contribution < -0.4 is 9.57 Å². The highest BCUT2D eigenvalue weighted by atomic mass is 16.6. The number of nitrogens with zero attached hydrogens (tertiary/aromatic N) is 1. The van der Waals surface area contributed by atoms with Crippen LogP contribution in [0.1, 0.15) is 46.6 Å². The number of aromatic nitrogens is 1. The molecule has 0 saturated heterocycles. The lowest BCUT2D eigenvalue weighted by molar-refractivity contribution is -0.885. The third kappa shape index (κ3) is 8.04. The second-order valence-electron chi connectivity index (χ2n) is 2.48. The van der Waals surface area contributed by atoms with Crippen molar-refractivity contribution in [3.8, 4) is 0 Å². The van der Waals surface area contributed by atoms with Crippen LogP contribution in [0.5, 0.6) is 0 Å². The number of rotatable bonds is 3. The predicted octanol–water partition coefficient (Wildman–Crippen LogP) is 3.51. The minimum Gasteiger partial charge on any atom is -0.275 e. The van der Waals surface area contributed by atoms with Crippen molar-refractivity contribution < 1.29 is 9.57 Å². The lowest BCUT2D eigenvalue weighted by Gasteiger charge is -1.91.